The summed E-state index contributed by atoms with van der Waals surface area (Å²) in [5, 5.41) is 2.44. The summed E-state index contributed by atoms with van der Waals surface area (Å²) in [5.74, 6) is -1.30. The van der Waals surface area contributed by atoms with E-state index in [1.54, 1.807) is 0 Å². The molecule has 2 aromatic rings. The lowest BCUT2D eigenvalue weighted by molar-refractivity contribution is -0.125. The van der Waals surface area contributed by atoms with Gasteiger partial charge >= 0.3 is 0 Å². The van der Waals surface area contributed by atoms with Gasteiger partial charge in [0.25, 0.3) is 0 Å². The average molecular weight is 251 g/mol. The molecule has 3 nitrogen and oxygen atoms in total. The summed E-state index contributed by atoms with van der Waals surface area (Å²) in [6.45, 7) is 0. The van der Waals surface area contributed by atoms with E-state index in [-0.39, 0.29) is 11.8 Å². The normalized spacial score (nSPS) is 22.3. The first kappa shape index (κ1) is 11.7. The third-order valence-electron chi connectivity index (χ3n) is 3.46. The second-order valence-electron chi connectivity index (χ2n) is 4.63. The fraction of sp³-hybridized carbons (Fsp3) is 0.125. The number of nitrogens with one attached hydrogen (secondary N) is 1. The molecule has 1 heterocycles. The van der Waals surface area contributed by atoms with Gasteiger partial charge in [-0.1, -0.05) is 60.7 Å². The maximum Gasteiger partial charge on any atom is 0.235 e. The van der Waals surface area contributed by atoms with Gasteiger partial charge in [-0.3, -0.25) is 14.9 Å². The fourth-order valence-corrected chi connectivity index (χ4v) is 2.59. The zero-order valence-corrected chi connectivity index (χ0v) is 10.2. The quantitative estimate of drug-likeness (QED) is 0.832. The van der Waals surface area contributed by atoms with Gasteiger partial charge in [-0.25, -0.2) is 0 Å². The SMILES string of the molecule is O=C1NC(=O)C(c2ccccc2)C1c1ccccc1. The van der Waals surface area contributed by atoms with E-state index in [0.29, 0.717) is 0 Å². The van der Waals surface area contributed by atoms with E-state index in [1.807, 2.05) is 60.7 Å². The van der Waals surface area contributed by atoms with Gasteiger partial charge in [-0.05, 0) is 11.1 Å². The Kier molecular flexibility index (Phi) is 2.88. The molecular weight excluding hydrogens is 238 g/mol. The Morgan fingerprint density at radius 1 is 0.632 bits per heavy atom. The zero-order valence-electron chi connectivity index (χ0n) is 10.2. The van der Waals surface area contributed by atoms with E-state index in [2.05, 4.69) is 5.32 Å². The number of rotatable bonds is 2. The summed E-state index contributed by atoms with van der Waals surface area (Å²) in [6, 6.07) is 18.9. The molecule has 1 fully saturated rings. The van der Waals surface area contributed by atoms with Gasteiger partial charge in [0, 0.05) is 0 Å². The molecule has 1 aliphatic heterocycles. The van der Waals surface area contributed by atoms with Crippen LogP contribution < -0.4 is 5.32 Å². The van der Waals surface area contributed by atoms with Crippen molar-refractivity contribution in [1.82, 2.24) is 5.32 Å². The van der Waals surface area contributed by atoms with E-state index < -0.39 is 11.8 Å². The molecule has 1 saturated heterocycles. The van der Waals surface area contributed by atoms with Crippen LogP contribution in [0.4, 0.5) is 0 Å². The molecule has 0 spiro atoms. The van der Waals surface area contributed by atoms with Crippen LogP contribution in [0.5, 0.6) is 0 Å². The van der Waals surface area contributed by atoms with Crippen molar-refractivity contribution in [2.75, 3.05) is 0 Å². The van der Waals surface area contributed by atoms with Crippen molar-refractivity contribution in [1.29, 1.82) is 0 Å². The first-order chi connectivity index (χ1) is 9.27. The second-order valence-corrected chi connectivity index (χ2v) is 4.63. The Morgan fingerprint density at radius 3 is 1.37 bits per heavy atom. The van der Waals surface area contributed by atoms with Crippen molar-refractivity contribution in [2.24, 2.45) is 0 Å². The van der Waals surface area contributed by atoms with E-state index >= 15 is 0 Å². The molecule has 2 aromatic carbocycles. The van der Waals surface area contributed by atoms with Crippen molar-refractivity contribution < 1.29 is 9.59 Å². The van der Waals surface area contributed by atoms with Crippen molar-refractivity contribution in [3.63, 3.8) is 0 Å². The number of imide groups is 1. The van der Waals surface area contributed by atoms with Gasteiger partial charge < -0.3 is 0 Å². The highest BCUT2D eigenvalue weighted by Crippen LogP contribution is 2.37. The minimum absolute atomic E-state index is 0.218. The highest BCUT2D eigenvalue weighted by Gasteiger charge is 2.43. The molecule has 0 aliphatic carbocycles. The standard InChI is InChI=1S/C16H13NO2/c18-15-13(11-7-3-1-4-8-11)14(16(19)17-15)12-9-5-2-6-10-12/h1-10,13-14H,(H,17,18,19). The van der Waals surface area contributed by atoms with Crippen LogP contribution >= 0.6 is 0 Å². The minimum atomic E-state index is -0.434. The fourth-order valence-electron chi connectivity index (χ4n) is 2.59. The predicted octanol–water partition coefficient (Wildman–Crippen LogP) is 2.21. The van der Waals surface area contributed by atoms with Crippen molar-refractivity contribution in [3.05, 3.63) is 71.8 Å². The molecule has 3 rings (SSSR count). The lowest BCUT2D eigenvalue weighted by Gasteiger charge is -2.15. The van der Waals surface area contributed by atoms with Crippen molar-refractivity contribution in [3.8, 4) is 0 Å². The Morgan fingerprint density at radius 2 is 1.00 bits per heavy atom. The Labute approximate surface area is 111 Å². The average Bonchev–Trinajstić information content (AvgIpc) is 2.75. The number of amides is 2. The molecule has 1 N–H and O–H groups in total. The first-order valence-electron chi connectivity index (χ1n) is 6.22. The lowest BCUT2D eigenvalue weighted by Crippen LogP contribution is -2.21. The Balaban J connectivity index is 2.06. The second kappa shape index (κ2) is 4.69. The van der Waals surface area contributed by atoms with Gasteiger partial charge in [0.2, 0.25) is 11.8 Å². The molecule has 0 radical (unpaired) electrons. The van der Waals surface area contributed by atoms with Crippen LogP contribution in [0.15, 0.2) is 60.7 Å². The van der Waals surface area contributed by atoms with Gasteiger partial charge in [0.15, 0.2) is 0 Å². The first-order valence-corrected chi connectivity index (χ1v) is 6.22. The van der Waals surface area contributed by atoms with Crippen LogP contribution in [0.3, 0.4) is 0 Å². The van der Waals surface area contributed by atoms with E-state index in [4.69, 9.17) is 0 Å². The van der Waals surface area contributed by atoms with Crippen LogP contribution in [0.25, 0.3) is 0 Å². The molecule has 2 unspecified atom stereocenters. The van der Waals surface area contributed by atoms with Gasteiger partial charge in [0.1, 0.15) is 0 Å². The Hall–Kier alpha value is -2.42. The van der Waals surface area contributed by atoms with Gasteiger partial charge in [-0.15, -0.1) is 0 Å². The van der Waals surface area contributed by atoms with Gasteiger partial charge in [-0.2, -0.15) is 0 Å². The molecule has 0 saturated carbocycles. The van der Waals surface area contributed by atoms with Crippen LogP contribution in [-0.4, -0.2) is 11.8 Å². The third kappa shape index (κ3) is 2.03. The summed E-state index contributed by atoms with van der Waals surface area (Å²) >= 11 is 0. The number of hydrogen-bond acceptors (Lipinski definition) is 2. The highest BCUT2D eigenvalue weighted by molar-refractivity contribution is 6.10. The van der Waals surface area contributed by atoms with E-state index in [1.165, 1.54) is 0 Å². The molecule has 0 aromatic heterocycles. The zero-order chi connectivity index (χ0) is 13.2. The molecular formula is C16H13NO2. The lowest BCUT2D eigenvalue weighted by atomic mass is 9.83. The summed E-state index contributed by atoms with van der Waals surface area (Å²) in [6.07, 6.45) is 0. The third-order valence-corrected chi connectivity index (χ3v) is 3.46. The Bertz CT molecular complexity index is 552. The monoisotopic (exact) mass is 251 g/mol. The molecule has 1 aliphatic rings. The minimum Gasteiger partial charge on any atom is -0.295 e. The van der Waals surface area contributed by atoms with Crippen LogP contribution in [0.1, 0.15) is 23.0 Å². The number of carbonyl (C=O) groups is 2. The van der Waals surface area contributed by atoms with E-state index in [9.17, 15) is 9.59 Å². The van der Waals surface area contributed by atoms with Crippen LogP contribution in [-0.2, 0) is 9.59 Å². The number of benzene rings is 2. The summed E-state index contributed by atoms with van der Waals surface area (Å²) in [5.41, 5.74) is 1.75. The van der Waals surface area contributed by atoms with Crippen LogP contribution in [0, 0.1) is 0 Å². The maximum atomic E-state index is 12.0. The van der Waals surface area contributed by atoms with Crippen molar-refractivity contribution in [2.45, 2.75) is 11.8 Å². The molecule has 2 atom stereocenters. The van der Waals surface area contributed by atoms with Crippen molar-refractivity contribution >= 4 is 11.8 Å². The molecule has 3 heteroatoms. The number of carbonyl (C=O) groups excluding carboxylic acids is 2. The highest BCUT2D eigenvalue weighted by atomic mass is 16.2. The summed E-state index contributed by atoms with van der Waals surface area (Å²) < 4.78 is 0. The molecule has 94 valence electrons. The summed E-state index contributed by atoms with van der Waals surface area (Å²) in [7, 11) is 0. The van der Waals surface area contributed by atoms with Gasteiger partial charge in [0.05, 0.1) is 11.8 Å². The van der Waals surface area contributed by atoms with E-state index in [0.717, 1.165) is 11.1 Å². The largest absolute Gasteiger partial charge is 0.295 e. The predicted molar refractivity (Wildman–Crippen MR) is 71.5 cm³/mol. The molecule has 2 amide bonds. The molecule has 0 bridgehead atoms. The smallest absolute Gasteiger partial charge is 0.235 e. The number of hydrogen-bond donors (Lipinski definition) is 1. The summed E-state index contributed by atoms with van der Waals surface area (Å²) in [4.78, 5) is 24.1. The maximum absolute atomic E-state index is 12.0. The topological polar surface area (TPSA) is 46.2 Å². The van der Waals surface area contributed by atoms with Crippen LogP contribution in [0.2, 0.25) is 0 Å². The molecule has 19 heavy (non-hydrogen) atoms.